The van der Waals surface area contributed by atoms with Crippen molar-refractivity contribution in [1.82, 2.24) is 4.90 Å². The zero-order valence-electron chi connectivity index (χ0n) is 10.6. The van der Waals surface area contributed by atoms with E-state index in [1.807, 2.05) is 27.7 Å². The van der Waals surface area contributed by atoms with Crippen LogP contribution in [0.4, 0.5) is 4.79 Å². The minimum absolute atomic E-state index is 0.311. The summed E-state index contributed by atoms with van der Waals surface area (Å²) in [5.74, 6) is 0. The Hall–Kier alpha value is -1.06. The van der Waals surface area contributed by atoms with Crippen molar-refractivity contribution >= 4 is 12.4 Å². The lowest BCUT2D eigenvalue weighted by Crippen LogP contribution is -2.47. The molecule has 0 N–H and O–H groups in total. The maximum atomic E-state index is 11.9. The van der Waals surface area contributed by atoms with Crippen LogP contribution in [-0.2, 0) is 9.53 Å². The Morgan fingerprint density at radius 1 is 1.50 bits per heavy atom. The number of rotatable bonds is 2. The maximum Gasteiger partial charge on any atom is 0.410 e. The van der Waals surface area contributed by atoms with E-state index in [0.717, 1.165) is 19.1 Å². The average Bonchev–Trinajstić information content (AvgIpc) is 2.44. The molecule has 1 fully saturated rings. The predicted molar refractivity (Wildman–Crippen MR) is 61.3 cm³/mol. The van der Waals surface area contributed by atoms with Crippen molar-refractivity contribution in [2.45, 2.75) is 58.1 Å². The molecule has 0 bridgehead atoms. The van der Waals surface area contributed by atoms with Gasteiger partial charge in [0, 0.05) is 13.0 Å². The molecule has 1 amide bonds. The minimum atomic E-state index is -0.484. The van der Waals surface area contributed by atoms with E-state index in [2.05, 4.69) is 0 Å². The van der Waals surface area contributed by atoms with E-state index in [9.17, 15) is 9.59 Å². The molecule has 0 radical (unpaired) electrons. The lowest BCUT2D eigenvalue weighted by atomic mass is 9.96. The average molecular weight is 227 g/mol. The molecular formula is C12H21NO3. The summed E-state index contributed by atoms with van der Waals surface area (Å²) in [6, 6.07) is 0. The first kappa shape index (κ1) is 13.0. The zero-order valence-corrected chi connectivity index (χ0v) is 10.6. The summed E-state index contributed by atoms with van der Waals surface area (Å²) in [5.41, 5.74) is -0.841. The van der Waals surface area contributed by atoms with Gasteiger partial charge >= 0.3 is 6.09 Å². The molecule has 92 valence electrons. The molecule has 0 aromatic rings. The fraction of sp³-hybridized carbons (Fsp3) is 0.833. The van der Waals surface area contributed by atoms with E-state index < -0.39 is 5.60 Å². The second-order valence-electron chi connectivity index (χ2n) is 5.60. The lowest BCUT2D eigenvalue weighted by molar-refractivity contribution is -0.109. The summed E-state index contributed by atoms with van der Waals surface area (Å²) >= 11 is 0. The molecule has 4 nitrogen and oxygen atoms in total. The largest absolute Gasteiger partial charge is 0.444 e. The van der Waals surface area contributed by atoms with Crippen molar-refractivity contribution in [3.63, 3.8) is 0 Å². The Kier molecular flexibility index (Phi) is 3.61. The van der Waals surface area contributed by atoms with Gasteiger partial charge in [0.2, 0.25) is 0 Å². The molecule has 4 heteroatoms. The van der Waals surface area contributed by atoms with Crippen molar-refractivity contribution in [3.8, 4) is 0 Å². The van der Waals surface area contributed by atoms with Gasteiger partial charge in [-0.3, -0.25) is 0 Å². The third kappa shape index (κ3) is 2.97. The molecule has 0 aliphatic carbocycles. The van der Waals surface area contributed by atoms with Gasteiger partial charge in [0.25, 0.3) is 0 Å². The summed E-state index contributed by atoms with van der Waals surface area (Å²) < 4.78 is 5.33. The van der Waals surface area contributed by atoms with Crippen LogP contribution in [0.25, 0.3) is 0 Å². The Bertz CT molecular complexity index is 282. The lowest BCUT2D eigenvalue weighted by Gasteiger charge is -2.35. The summed E-state index contributed by atoms with van der Waals surface area (Å²) in [6.45, 7) is 8.16. The van der Waals surface area contributed by atoms with Crippen LogP contribution in [0.15, 0.2) is 0 Å². The summed E-state index contributed by atoms with van der Waals surface area (Å²) in [7, 11) is 0. The monoisotopic (exact) mass is 227 g/mol. The van der Waals surface area contributed by atoms with Gasteiger partial charge in [0.15, 0.2) is 0 Å². The number of amides is 1. The summed E-state index contributed by atoms with van der Waals surface area (Å²) in [6.07, 6.45) is 2.75. The molecule has 1 rings (SSSR count). The molecule has 0 aromatic carbocycles. The van der Waals surface area contributed by atoms with Crippen molar-refractivity contribution in [2.24, 2.45) is 0 Å². The maximum absolute atomic E-state index is 11.9. The number of nitrogens with zero attached hydrogens (tertiary/aromatic N) is 1. The Balaban J connectivity index is 2.71. The third-order valence-electron chi connectivity index (χ3n) is 2.89. The van der Waals surface area contributed by atoms with Gasteiger partial charge in [-0.05, 0) is 40.5 Å². The van der Waals surface area contributed by atoms with Gasteiger partial charge in [0.1, 0.15) is 11.9 Å². The first-order valence-electron chi connectivity index (χ1n) is 5.73. The summed E-state index contributed by atoms with van der Waals surface area (Å²) in [4.78, 5) is 24.3. The number of likely N-dealkylation sites (tertiary alicyclic amines) is 1. The first-order chi connectivity index (χ1) is 7.28. The van der Waals surface area contributed by atoms with Crippen LogP contribution in [0.5, 0.6) is 0 Å². The fourth-order valence-electron chi connectivity index (χ4n) is 2.04. The highest BCUT2D eigenvalue weighted by Crippen LogP contribution is 2.32. The molecule has 1 heterocycles. The van der Waals surface area contributed by atoms with Crippen LogP contribution in [0.3, 0.4) is 0 Å². The van der Waals surface area contributed by atoms with Crippen LogP contribution >= 0.6 is 0 Å². The number of ether oxygens (including phenoxy) is 1. The third-order valence-corrected chi connectivity index (χ3v) is 2.89. The van der Waals surface area contributed by atoms with Crippen LogP contribution in [0.2, 0.25) is 0 Å². The van der Waals surface area contributed by atoms with E-state index in [1.54, 1.807) is 4.90 Å². The number of hydrogen-bond acceptors (Lipinski definition) is 3. The number of hydrogen-bond donors (Lipinski definition) is 0. The van der Waals surface area contributed by atoms with E-state index in [1.165, 1.54) is 0 Å². The second-order valence-corrected chi connectivity index (χ2v) is 5.60. The quantitative estimate of drug-likeness (QED) is 0.680. The normalized spacial score (nSPS) is 25.6. The van der Waals surface area contributed by atoms with E-state index in [0.29, 0.717) is 13.0 Å². The van der Waals surface area contributed by atoms with Crippen molar-refractivity contribution in [2.75, 3.05) is 6.54 Å². The first-order valence-corrected chi connectivity index (χ1v) is 5.73. The smallest absolute Gasteiger partial charge is 0.410 e. The SMILES string of the molecule is CC(C)(C)OC(=O)N1CCC[C@@]1(C)CC=O. The highest BCUT2D eigenvalue weighted by atomic mass is 16.6. The predicted octanol–water partition coefficient (Wildman–Crippen LogP) is 2.37. The molecule has 0 spiro atoms. The highest BCUT2D eigenvalue weighted by molar-refractivity contribution is 5.70. The molecule has 0 unspecified atom stereocenters. The van der Waals surface area contributed by atoms with E-state index in [-0.39, 0.29) is 11.6 Å². The van der Waals surface area contributed by atoms with Gasteiger partial charge in [0.05, 0.1) is 5.54 Å². The van der Waals surface area contributed by atoms with Gasteiger partial charge in [-0.1, -0.05) is 0 Å². The van der Waals surface area contributed by atoms with Crippen molar-refractivity contribution in [1.29, 1.82) is 0 Å². The molecule has 0 aromatic heterocycles. The van der Waals surface area contributed by atoms with Gasteiger partial charge in [-0.15, -0.1) is 0 Å². The number of carbonyl (C=O) groups is 2. The van der Waals surface area contributed by atoms with E-state index in [4.69, 9.17) is 4.74 Å². The molecule has 16 heavy (non-hydrogen) atoms. The summed E-state index contributed by atoms with van der Waals surface area (Å²) in [5, 5.41) is 0. The standard InChI is InChI=1S/C12H21NO3/c1-11(2,3)16-10(15)13-8-5-6-12(13,4)7-9-14/h9H,5-8H2,1-4H3/t12-/m0/s1. The van der Waals surface area contributed by atoms with E-state index >= 15 is 0 Å². The molecule has 1 atom stereocenters. The van der Waals surface area contributed by atoms with Crippen LogP contribution in [0.1, 0.15) is 47.0 Å². The highest BCUT2D eigenvalue weighted by Gasteiger charge is 2.41. The minimum Gasteiger partial charge on any atom is -0.444 e. The van der Waals surface area contributed by atoms with Crippen LogP contribution in [-0.4, -0.2) is 35.0 Å². The number of carbonyl (C=O) groups excluding carboxylic acids is 2. The molecule has 1 saturated heterocycles. The zero-order chi connectivity index (χ0) is 12.4. The number of aldehydes is 1. The fourth-order valence-corrected chi connectivity index (χ4v) is 2.04. The van der Waals surface area contributed by atoms with Gasteiger partial charge in [-0.2, -0.15) is 0 Å². The molecule has 1 aliphatic heterocycles. The molecule has 0 saturated carbocycles. The van der Waals surface area contributed by atoms with Crippen LogP contribution in [0, 0.1) is 0 Å². The molecular weight excluding hydrogens is 206 g/mol. The van der Waals surface area contributed by atoms with Crippen molar-refractivity contribution in [3.05, 3.63) is 0 Å². The second kappa shape index (κ2) is 4.44. The van der Waals surface area contributed by atoms with Crippen molar-refractivity contribution < 1.29 is 14.3 Å². The van der Waals surface area contributed by atoms with Gasteiger partial charge < -0.3 is 14.4 Å². The van der Waals surface area contributed by atoms with Gasteiger partial charge in [-0.25, -0.2) is 4.79 Å². The van der Waals surface area contributed by atoms with Crippen LogP contribution < -0.4 is 0 Å². The Morgan fingerprint density at radius 3 is 2.62 bits per heavy atom. The molecule has 1 aliphatic rings. The topological polar surface area (TPSA) is 46.6 Å². The Labute approximate surface area is 96.9 Å². The Morgan fingerprint density at radius 2 is 2.12 bits per heavy atom.